The molecule has 0 spiro atoms. The first kappa shape index (κ1) is 15.7. The number of benzene rings is 1. The summed E-state index contributed by atoms with van der Waals surface area (Å²) >= 11 is 0. The van der Waals surface area contributed by atoms with E-state index in [1.165, 1.54) is 5.56 Å². The van der Waals surface area contributed by atoms with Gasteiger partial charge < -0.3 is 10.2 Å². The van der Waals surface area contributed by atoms with Crippen molar-refractivity contribution in [3.05, 3.63) is 35.9 Å². The second kappa shape index (κ2) is 8.70. The maximum atomic E-state index is 11.8. The third kappa shape index (κ3) is 5.88. The minimum atomic E-state index is -0.0818. The first-order chi connectivity index (χ1) is 9.15. The molecule has 1 rings (SSSR count). The van der Waals surface area contributed by atoms with Crippen molar-refractivity contribution in [1.29, 1.82) is 0 Å². The lowest BCUT2D eigenvalue weighted by molar-refractivity contribution is -0.131. The summed E-state index contributed by atoms with van der Waals surface area (Å²) in [5, 5.41) is 3.29. The molecular formula is C16H26N2O. The molecule has 3 nitrogen and oxygen atoms in total. The van der Waals surface area contributed by atoms with Gasteiger partial charge >= 0.3 is 0 Å². The number of nitrogens with one attached hydrogen (secondary N) is 1. The third-order valence-electron chi connectivity index (χ3n) is 3.41. The predicted molar refractivity (Wildman–Crippen MR) is 80.2 cm³/mol. The van der Waals surface area contributed by atoms with Gasteiger partial charge in [-0.05, 0) is 45.2 Å². The topological polar surface area (TPSA) is 32.3 Å². The molecule has 1 unspecified atom stereocenters. The molecule has 0 heterocycles. The number of likely N-dealkylation sites (N-methyl/N-ethyl adjacent to an activating group) is 1. The van der Waals surface area contributed by atoms with Crippen molar-refractivity contribution in [3.63, 3.8) is 0 Å². The van der Waals surface area contributed by atoms with Crippen LogP contribution >= 0.6 is 0 Å². The maximum absolute atomic E-state index is 11.8. The highest BCUT2D eigenvalue weighted by Gasteiger charge is 2.14. The van der Waals surface area contributed by atoms with Crippen LogP contribution in [0.3, 0.4) is 0 Å². The molecule has 19 heavy (non-hydrogen) atoms. The van der Waals surface area contributed by atoms with Gasteiger partial charge in [0, 0.05) is 13.6 Å². The molecule has 0 aliphatic rings. The molecule has 3 heteroatoms. The van der Waals surface area contributed by atoms with Crippen LogP contribution in [0.25, 0.3) is 0 Å². The van der Waals surface area contributed by atoms with E-state index in [4.69, 9.17) is 0 Å². The van der Waals surface area contributed by atoms with Gasteiger partial charge in [0.2, 0.25) is 5.91 Å². The lowest BCUT2D eigenvalue weighted by Crippen LogP contribution is -2.43. The Hall–Kier alpha value is -1.35. The van der Waals surface area contributed by atoms with Gasteiger partial charge in [-0.3, -0.25) is 4.79 Å². The second-order valence-electron chi connectivity index (χ2n) is 4.97. The van der Waals surface area contributed by atoms with Crippen LogP contribution < -0.4 is 5.32 Å². The van der Waals surface area contributed by atoms with E-state index in [0.29, 0.717) is 0 Å². The monoisotopic (exact) mass is 262 g/mol. The number of hydrogen-bond donors (Lipinski definition) is 1. The van der Waals surface area contributed by atoms with Crippen LogP contribution in [0.15, 0.2) is 30.3 Å². The number of unbranched alkanes of at least 4 members (excludes halogenated alkanes) is 1. The van der Waals surface area contributed by atoms with Crippen LogP contribution in [-0.4, -0.2) is 37.0 Å². The van der Waals surface area contributed by atoms with Crippen LogP contribution in [0.5, 0.6) is 0 Å². The Morgan fingerprint density at radius 1 is 1.26 bits per heavy atom. The Morgan fingerprint density at radius 3 is 2.58 bits per heavy atom. The molecule has 1 aromatic carbocycles. The molecule has 0 fully saturated rings. The molecule has 0 aliphatic carbocycles. The van der Waals surface area contributed by atoms with E-state index in [0.717, 1.165) is 32.4 Å². The fourth-order valence-electron chi connectivity index (χ4n) is 1.99. The summed E-state index contributed by atoms with van der Waals surface area (Å²) in [5.74, 6) is 0.172. The van der Waals surface area contributed by atoms with Gasteiger partial charge in [-0.1, -0.05) is 30.3 Å². The lowest BCUT2D eigenvalue weighted by Gasteiger charge is -2.20. The molecule has 0 aliphatic heterocycles. The zero-order chi connectivity index (χ0) is 14.1. The number of amides is 1. The molecule has 1 atom stereocenters. The quantitative estimate of drug-likeness (QED) is 0.730. The average molecular weight is 262 g/mol. The van der Waals surface area contributed by atoms with E-state index in [1.54, 1.807) is 4.90 Å². The fraction of sp³-hybridized carbons (Fsp3) is 0.562. The Kier molecular flexibility index (Phi) is 7.19. The molecule has 0 saturated heterocycles. The highest BCUT2D eigenvalue weighted by Crippen LogP contribution is 2.04. The lowest BCUT2D eigenvalue weighted by atomic mass is 10.1. The molecule has 106 valence electrons. The summed E-state index contributed by atoms with van der Waals surface area (Å²) in [4.78, 5) is 13.6. The van der Waals surface area contributed by atoms with Crippen LogP contribution in [0.1, 0.15) is 32.3 Å². The van der Waals surface area contributed by atoms with E-state index < -0.39 is 0 Å². The van der Waals surface area contributed by atoms with Crippen LogP contribution in [0.2, 0.25) is 0 Å². The number of hydrogen-bond acceptors (Lipinski definition) is 2. The van der Waals surface area contributed by atoms with Gasteiger partial charge in [0.15, 0.2) is 0 Å². The Labute approximate surface area is 117 Å². The molecular weight excluding hydrogens is 236 g/mol. The zero-order valence-electron chi connectivity index (χ0n) is 12.4. The van der Waals surface area contributed by atoms with Gasteiger partial charge in [-0.25, -0.2) is 0 Å². The third-order valence-corrected chi connectivity index (χ3v) is 3.41. The highest BCUT2D eigenvalue weighted by molar-refractivity contribution is 5.81. The molecule has 0 aromatic heterocycles. The van der Waals surface area contributed by atoms with Crippen LogP contribution in [0.4, 0.5) is 0 Å². The largest absolute Gasteiger partial charge is 0.345 e. The van der Waals surface area contributed by atoms with E-state index >= 15 is 0 Å². The molecule has 0 saturated carbocycles. The van der Waals surface area contributed by atoms with Crippen LogP contribution in [0, 0.1) is 0 Å². The van der Waals surface area contributed by atoms with Crippen molar-refractivity contribution < 1.29 is 4.79 Å². The van der Waals surface area contributed by atoms with Crippen molar-refractivity contribution in [2.45, 2.75) is 39.2 Å². The summed E-state index contributed by atoms with van der Waals surface area (Å²) in [5.41, 5.74) is 1.39. The maximum Gasteiger partial charge on any atom is 0.239 e. The minimum absolute atomic E-state index is 0.0818. The van der Waals surface area contributed by atoms with E-state index in [-0.39, 0.29) is 11.9 Å². The van der Waals surface area contributed by atoms with Gasteiger partial charge in [0.25, 0.3) is 0 Å². The standard InChI is InChI=1S/C16H26N2O/c1-4-18(3)16(19)14(2)17-13-9-8-12-15-10-6-5-7-11-15/h5-7,10-11,14,17H,4,8-9,12-13H2,1-3H3. The van der Waals surface area contributed by atoms with Crippen molar-refractivity contribution in [2.24, 2.45) is 0 Å². The van der Waals surface area contributed by atoms with Crippen molar-refractivity contribution >= 4 is 5.91 Å². The van der Waals surface area contributed by atoms with Gasteiger partial charge in [-0.15, -0.1) is 0 Å². The van der Waals surface area contributed by atoms with Crippen molar-refractivity contribution in [2.75, 3.05) is 20.1 Å². The number of carbonyl (C=O) groups excluding carboxylic acids is 1. The first-order valence-electron chi connectivity index (χ1n) is 7.17. The second-order valence-corrected chi connectivity index (χ2v) is 4.97. The number of nitrogens with zero attached hydrogens (tertiary/aromatic N) is 1. The first-order valence-corrected chi connectivity index (χ1v) is 7.17. The van der Waals surface area contributed by atoms with E-state index in [9.17, 15) is 4.79 Å². The Balaban J connectivity index is 2.12. The summed E-state index contributed by atoms with van der Waals surface area (Å²) in [6.45, 7) is 5.59. The minimum Gasteiger partial charge on any atom is -0.345 e. The molecule has 1 N–H and O–H groups in total. The van der Waals surface area contributed by atoms with Gasteiger partial charge in [-0.2, -0.15) is 0 Å². The smallest absolute Gasteiger partial charge is 0.239 e. The summed E-state index contributed by atoms with van der Waals surface area (Å²) in [6.07, 6.45) is 3.36. The number of carbonyl (C=O) groups is 1. The van der Waals surface area contributed by atoms with E-state index in [2.05, 4.69) is 29.6 Å². The van der Waals surface area contributed by atoms with Gasteiger partial charge in [0.1, 0.15) is 0 Å². The molecule has 0 radical (unpaired) electrons. The SMILES string of the molecule is CCN(C)C(=O)C(C)NCCCCc1ccccc1. The summed E-state index contributed by atoms with van der Waals surface area (Å²) in [7, 11) is 1.84. The zero-order valence-corrected chi connectivity index (χ0v) is 12.4. The summed E-state index contributed by atoms with van der Waals surface area (Å²) < 4.78 is 0. The average Bonchev–Trinajstić information content (AvgIpc) is 2.46. The van der Waals surface area contributed by atoms with Crippen LogP contribution in [-0.2, 0) is 11.2 Å². The van der Waals surface area contributed by atoms with Gasteiger partial charge in [0.05, 0.1) is 6.04 Å². The van der Waals surface area contributed by atoms with Crippen molar-refractivity contribution in [3.8, 4) is 0 Å². The molecule has 1 amide bonds. The number of rotatable bonds is 8. The van der Waals surface area contributed by atoms with E-state index in [1.807, 2.05) is 27.0 Å². The Morgan fingerprint density at radius 2 is 1.95 bits per heavy atom. The normalized spacial score (nSPS) is 12.2. The highest BCUT2D eigenvalue weighted by atomic mass is 16.2. The number of aryl methyl sites for hydroxylation is 1. The Bertz CT molecular complexity index is 364. The fourth-order valence-corrected chi connectivity index (χ4v) is 1.99. The predicted octanol–water partition coefficient (Wildman–Crippen LogP) is 2.47. The molecule has 0 bridgehead atoms. The molecule has 1 aromatic rings. The summed E-state index contributed by atoms with van der Waals surface area (Å²) in [6, 6.07) is 10.4. The van der Waals surface area contributed by atoms with Crippen molar-refractivity contribution in [1.82, 2.24) is 10.2 Å².